The molecule has 0 unspecified atom stereocenters. The normalized spacial score (nSPS) is 10.6. The van der Waals surface area contributed by atoms with Crippen molar-refractivity contribution in [2.45, 2.75) is 26.3 Å². The smallest absolute Gasteiger partial charge is 0.259 e. The molecule has 1 heterocycles. The quantitative estimate of drug-likeness (QED) is 0.846. The number of halogens is 1. The summed E-state index contributed by atoms with van der Waals surface area (Å²) in [5.74, 6) is -0.206. The number of carbonyl (C=O) groups excluding carboxylic acids is 1. The molecule has 0 spiro atoms. The number of hydrogen-bond donors (Lipinski definition) is 1. The van der Waals surface area contributed by atoms with E-state index in [1.54, 1.807) is 4.90 Å². The molecule has 5 heteroatoms. The summed E-state index contributed by atoms with van der Waals surface area (Å²) < 4.78 is 0. The van der Waals surface area contributed by atoms with Crippen LogP contribution in [0.3, 0.4) is 0 Å². The van der Waals surface area contributed by atoms with Gasteiger partial charge in [-0.3, -0.25) is 9.59 Å². The molecule has 1 rings (SSSR count). The van der Waals surface area contributed by atoms with E-state index in [0.29, 0.717) is 6.54 Å². The lowest BCUT2D eigenvalue weighted by Crippen LogP contribution is -2.40. The summed E-state index contributed by atoms with van der Waals surface area (Å²) in [5, 5.41) is 0.842. The molecule has 94 valence electrons. The van der Waals surface area contributed by atoms with Crippen LogP contribution in [0.5, 0.6) is 0 Å². The maximum atomic E-state index is 12.2. The average Bonchev–Trinajstić information content (AvgIpc) is 2.29. The van der Waals surface area contributed by atoms with Gasteiger partial charge in [0, 0.05) is 36.4 Å². The van der Waals surface area contributed by atoms with Crippen molar-refractivity contribution >= 4 is 21.8 Å². The van der Waals surface area contributed by atoms with Crippen LogP contribution >= 0.6 is 15.9 Å². The van der Waals surface area contributed by atoms with Crippen LogP contribution in [0, 0.1) is 0 Å². The van der Waals surface area contributed by atoms with E-state index in [9.17, 15) is 9.59 Å². The molecule has 0 aliphatic rings. The van der Waals surface area contributed by atoms with Crippen LogP contribution in [0.1, 0.15) is 30.6 Å². The summed E-state index contributed by atoms with van der Waals surface area (Å²) in [4.78, 5) is 28.3. The number of rotatable bonds is 5. The van der Waals surface area contributed by atoms with E-state index in [2.05, 4.69) is 20.9 Å². The molecular weight excluding hydrogens is 284 g/mol. The number of aromatic nitrogens is 1. The first-order chi connectivity index (χ1) is 8.07. The third-order valence-corrected chi connectivity index (χ3v) is 3.03. The van der Waals surface area contributed by atoms with E-state index in [1.165, 1.54) is 18.5 Å². The molecule has 0 bridgehead atoms. The fourth-order valence-electron chi connectivity index (χ4n) is 1.56. The molecule has 0 saturated carbocycles. The minimum absolute atomic E-state index is 0.0844. The van der Waals surface area contributed by atoms with Crippen LogP contribution < -0.4 is 5.43 Å². The molecule has 0 aliphatic heterocycles. The van der Waals surface area contributed by atoms with Gasteiger partial charge in [0.05, 0.1) is 0 Å². The van der Waals surface area contributed by atoms with Crippen molar-refractivity contribution in [1.82, 2.24) is 9.88 Å². The summed E-state index contributed by atoms with van der Waals surface area (Å²) in [6.07, 6.45) is 3.86. The van der Waals surface area contributed by atoms with Gasteiger partial charge >= 0.3 is 0 Å². The predicted molar refractivity (Wildman–Crippen MR) is 71.6 cm³/mol. The van der Waals surface area contributed by atoms with Crippen molar-refractivity contribution in [2.24, 2.45) is 0 Å². The highest BCUT2D eigenvalue weighted by Gasteiger charge is 2.20. The molecule has 0 saturated heterocycles. The van der Waals surface area contributed by atoms with Gasteiger partial charge < -0.3 is 9.88 Å². The Morgan fingerprint density at radius 3 is 2.76 bits per heavy atom. The standard InChI is InChI=1S/C12H17BrN2O2/c1-9(2)15(7-3-5-13)12(17)10-8-14-6-4-11(10)16/h4,6,8-9H,3,5,7H2,1-2H3,(H,14,16). The molecule has 0 aromatic carbocycles. The summed E-state index contributed by atoms with van der Waals surface area (Å²) in [7, 11) is 0. The Bertz CT molecular complexity index is 429. The fourth-order valence-corrected chi connectivity index (χ4v) is 1.81. The number of pyridine rings is 1. The maximum absolute atomic E-state index is 12.2. The Morgan fingerprint density at radius 1 is 1.53 bits per heavy atom. The molecule has 17 heavy (non-hydrogen) atoms. The minimum atomic E-state index is -0.238. The Hall–Kier alpha value is -1.10. The van der Waals surface area contributed by atoms with E-state index in [4.69, 9.17) is 0 Å². The molecule has 0 aliphatic carbocycles. The monoisotopic (exact) mass is 300 g/mol. The fraction of sp³-hybridized carbons (Fsp3) is 0.500. The Balaban J connectivity index is 2.92. The van der Waals surface area contributed by atoms with Gasteiger partial charge in [0.15, 0.2) is 5.43 Å². The van der Waals surface area contributed by atoms with E-state index < -0.39 is 0 Å². The first kappa shape index (κ1) is 14.0. The number of nitrogens with zero attached hydrogens (tertiary/aromatic N) is 1. The van der Waals surface area contributed by atoms with E-state index in [0.717, 1.165) is 11.8 Å². The Morgan fingerprint density at radius 2 is 2.24 bits per heavy atom. The third kappa shape index (κ3) is 3.70. The van der Waals surface area contributed by atoms with Gasteiger partial charge in [0.25, 0.3) is 5.91 Å². The first-order valence-electron chi connectivity index (χ1n) is 5.62. The zero-order valence-corrected chi connectivity index (χ0v) is 11.7. The summed E-state index contributed by atoms with van der Waals surface area (Å²) in [6.45, 7) is 4.54. The summed E-state index contributed by atoms with van der Waals surface area (Å²) >= 11 is 3.34. The van der Waals surface area contributed by atoms with Gasteiger partial charge in [0.1, 0.15) is 5.56 Å². The van der Waals surface area contributed by atoms with Gasteiger partial charge in [-0.1, -0.05) is 15.9 Å². The average molecular weight is 301 g/mol. The minimum Gasteiger partial charge on any atom is -0.367 e. The second kappa shape index (κ2) is 6.59. The molecule has 0 fully saturated rings. The highest BCUT2D eigenvalue weighted by atomic mass is 79.9. The molecule has 0 radical (unpaired) electrons. The molecule has 1 aromatic rings. The predicted octanol–water partition coefficient (Wildman–Crippen LogP) is 2.01. The number of nitrogens with one attached hydrogen (secondary N) is 1. The molecule has 1 amide bonds. The Labute approximate surface area is 109 Å². The van der Waals surface area contributed by atoms with Gasteiger partial charge in [-0.2, -0.15) is 0 Å². The topological polar surface area (TPSA) is 53.2 Å². The number of alkyl halides is 1. The third-order valence-electron chi connectivity index (χ3n) is 2.47. The van der Waals surface area contributed by atoms with Crippen LogP contribution in [0.2, 0.25) is 0 Å². The second-order valence-corrected chi connectivity index (χ2v) is 4.85. The van der Waals surface area contributed by atoms with E-state index >= 15 is 0 Å². The Kier molecular flexibility index (Phi) is 5.41. The van der Waals surface area contributed by atoms with Crippen LogP contribution in [0.15, 0.2) is 23.3 Å². The van der Waals surface area contributed by atoms with Crippen LogP contribution in [0.4, 0.5) is 0 Å². The SMILES string of the molecule is CC(C)N(CCCBr)C(=O)c1c[nH]ccc1=O. The number of aromatic amines is 1. The molecular formula is C12H17BrN2O2. The van der Waals surface area contributed by atoms with E-state index in [-0.39, 0.29) is 22.9 Å². The second-order valence-electron chi connectivity index (χ2n) is 4.06. The number of H-pyrrole nitrogens is 1. The number of amides is 1. The van der Waals surface area contributed by atoms with Crippen LogP contribution in [0.25, 0.3) is 0 Å². The van der Waals surface area contributed by atoms with Crippen molar-refractivity contribution in [3.05, 3.63) is 34.2 Å². The van der Waals surface area contributed by atoms with Crippen molar-refractivity contribution in [1.29, 1.82) is 0 Å². The van der Waals surface area contributed by atoms with Gasteiger partial charge in [-0.05, 0) is 20.3 Å². The van der Waals surface area contributed by atoms with Crippen molar-refractivity contribution in [2.75, 3.05) is 11.9 Å². The summed E-state index contributed by atoms with van der Waals surface area (Å²) in [5.41, 5.74) is -0.0333. The van der Waals surface area contributed by atoms with Crippen molar-refractivity contribution in [3.8, 4) is 0 Å². The first-order valence-corrected chi connectivity index (χ1v) is 6.74. The highest BCUT2D eigenvalue weighted by Crippen LogP contribution is 2.06. The number of carbonyl (C=O) groups is 1. The lowest BCUT2D eigenvalue weighted by atomic mass is 10.2. The van der Waals surface area contributed by atoms with Gasteiger partial charge in [-0.15, -0.1) is 0 Å². The largest absolute Gasteiger partial charge is 0.367 e. The lowest BCUT2D eigenvalue weighted by Gasteiger charge is -2.26. The molecule has 1 N–H and O–H groups in total. The zero-order chi connectivity index (χ0) is 12.8. The van der Waals surface area contributed by atoms with Gasteiger partial charge in [0.2, 0.25) is 0 Å². The highest BCUT2D eigenvalue weighted by molar-refractivity contribution is 9.09. The lowest BCUT2D eigenvalue weighted by molar-refractivity contribution is 0.0705. The zero-order valence-electron chi connectivity index (χ0n) is 10.1. The van der Waals surface area contributed by atoms with Gasteiger partial charge in [-0.25, -0.2) is 0 Å². The van der Waals surface area contributed by atoms with Crippen molar-refractivity contribution < 1.29 is 4.79 Å². The van der Waals surface area contributed by atoms with Crippen LogP contribution in [-0.4, -0.2) is 33.7 Å². The molecule has 0 atom stereocenters. The van der Waals surface area contributed by atoms with Crippen molar-refractivity contribution in [3.63, 3.8) is 0 Å². The maximum Gasteiger partial charge on any atom is 0.259 e. The van der Waals surface area contributed by atoms with Crippen LogP contribution in [-0.2, 0) is 0 Å². The molecule has 4 nitrogen and oxygen atoms in total. The van der Waals surface area contributed by atoms with E-state index in [1.807, 2.05) is 13.8 Å². The molecule has 1 aromatic heterocycles. The summed E-state index contributed by atoms with van der Waals surface area (Å²) in [6, 6.07) is 1.46. The number of hydrogen-bond acceptors (Lipinski definition) is 2.